The van der Waals surface area contributed by atoms with Crippen molar-refractivity contribution in [1.82, 2.24) is 5.32 Å². The van der Waals surface area contributed by atoms with Gasteiger partial charge in [0.25, 0.3) is 0 Å². The fourth-order valence-electron chi connectivity index (χ4n) is 4.32. The van der Waals surface area contributed by atoms with E-state index >= 15 is 0 Å². The predicted octanol–water partition coefficient (Wildman–Crippen LogP) is 6.42. The van der Waals surface area contributed by atoms with E-state index in [0.29, 0.717) is 27.5 Å². The van der Waals surface area contributed by atoms with Gasteiger partial charge in [0.1, 0.15) is 9.84 Å². The minimum Gasteiger partial charge on any atom is -0.317 e. The first kappa shape index (κ1) is 25.0. The number of hydrogen-bond donors (Lipinski definition) is 1. The third-order valence-corrected chi connectivity index (χ3v) is 8.82. The second kappa shape index (κ2) is 11.9. The van der Waals surface area contributed by atoms with Crippen LogP contribution in [-0.4, -0.2) is 33.0 Å². The molecule has 1 aliphatic carbocycles. The molecule has 6 heteroatoms. The third kappa shape index (κ3) is 8.05. The Labute approximate surface area is 187 Å². The molecule has 2 rings (SSSR count). The lowest BCUT2D eigenvalue weighted by atomic mass is 9.60. The lowest BCUT2D eigenvalue weighted by Gasteiger charge is -2.44. The molecule has 0 heterocycles. The van der Waals surface area contributed by atoms with Gasteiger partial charge in [-0.1, -0.05) is 56.0 Å². The highest BCUT2D eigenvalue weighted by molar-refractivity contribution is 7.91. The van der Waals surface area contributed by atoms with Crippen molar-refractivity contribution in [2.75, 3.05) is 24.6 Å². The number of sulfone groups is 1. The topological polar surface area (TPSA) is 46.2 Å². The minimum absolute atomic E-state index is 0.264. The number of nitrogens with one attached hydrogen (secondary N) is 1. The molecule has 1 saturated carbocycles. The molecule has 0 amide bonds. The smallest absolute Gasteiger partial charge is 0.150 e. The van der Waals surface area contributed by atoms with Gasteiger partial charge < -0.3 is 5.32 Å². The van der Waals surface area contributed by atoms with Crippen molar-refractivity contribution >= 4 is 33.0 Å². The Morgan fingerprint density at radius 2 is 1.79 bits per heavy atom. The molecule has 1 aromatic rings. The van der Waals surface area contributed by atoms with E-state index in [1.165, 1.54) is 31.2 Å². The summed E-state index contributed by atoms with van der Waals surface area (Å²) in [5.41, 5.74) is 1.60. The SMILES string of the molecule is CCCCS(=O)(=O)CCCCNCCC(C)CC1(c2ccc(Cl)c(Cl)c2)CCC1. The zero-order valence-corrected chi connectivity index (χ0v) is 20.3. The molecule has 0 radical (unpaired) electrons. The van der Waals surface area contributed by atoms with Gasteiger partial charge in [0.05, 0.1) is 21.6 Å². The van der Waals surface area contributed by atoms with E-state index in [9.17, 15) is 8.42 Å². The summed E-state index contributed by atoms with van der Waals surface area (Å²) < 4.78 is 23.7. The second-order valence-corrected chi connectivity index (χ2v) is 11.9. The van der Waals surface area contributed by atoms with Crippen LogP contribution in [0.2, 0.25) is 10.0 Å². The molecule has 29 heavy (non-hydrogen) atoms. The van der Waals surface area contributed by atoms with Crippen molar-refractivity contribution in [3.05, 3.63) is 33.8 Å². The first-order valence-corrected chi connectivity index (χ1v) is 13.7. The fourth-order valence-corrected chi connectivity index (χ4v) is 6.20. The molecule has 3 nitrogen and oxygen atoms in total. The van der Waals surface area contributed by atoms with Crippen LogP contribution in [0.4, 0.5) is 0 Å². The molecule has 1 aliphatic rings. The van der Waals surface area contributed by atoms with Gasteiger partial charge in [-0.15, -0.1) is 0 Å². The lowest BCUT2D eigenvalue weighted by Crippen LogP contribution is -2.36. The Balaban J connectivity index is 1.65. The molecule has 0 saturated heterocycles. The lowest BCUT2D eigenvalue weighted by molar-refractivity contribution is 0.190. The summed E-state index contributed by atoms with van der Waals surface area (Å²) in [4.78, 5) is 0. The van der Waals surface area contributed by atoms with E-state index in [4.69, 9.17) is 23.2 Å². The maximum absolute atomic E-state index is 11.9. The third-order valence-electron chi connectivity index (χ3n) is 6.26. The van der Waals surface area contributed by atoms with Crippen LogP contribution in [0.25, 0.3) is 0 Å². The molecule has 0 aromatic heterocycles. The van der Waals surface area contributed by atoms with Gasteiger partial charge in [-0.3, -0.25) is 0 Å². The molecule has 1 N–H and O–H groups in total. The Kier molecular flexibility index (Phi) is 10.3. The Morgan fingerprint density at radius 1 is 1.07 bits per heavy atom. The first-order valence-electron chi connectivity index (χ1n) is 11.1. The van der Waals surface area contributed by atoms with E-state index < -0.39 is 9.84 Å². The van der Waals surface area contributed by atoms with Crippen LogP contribution < -0.4 is 5.32 Å². The van der Waals surface area contributed by atoms with Gasteiger partial charge in [-0.25, -0.2) is 8.42 Å². The zero-order valence-electron chi connectivity index (χ0n) is 18.0. The molecule has 0 spiro atoms. The van der Waals surface area contributed by atoms with E-state index in [2.05, 4.69) is 24.4 Å². The van der Waals surface area contributed by atoms with Gasteiger partial charge in [-0.2, -0.15) is 0 Å². The molecule has 1 unspecified atom stereocenters. The molecular weight excluding hydrogens is 425 g/mol. The molecule has 0 aliphatic heterocycles. The minimum atomic E-state index is -2.84. The van der Waals surface area contributed by atoms with Gasteiger partial charge in [-0.05, 0) is 87.1 Å². The van der Waals surface area contributed by atoms with Gasteiger partial charge >= 0.3 is 0 Å². The summed E-state index contributed by atoms with van der Waals surface area (Å²) in [6.07, 6.45) is 9.46. The van der Waals surface area contributed by atoms with Crippen molar-refractivity contribution in [3.8, 4) is 0 Å². The zero-order chi connectivity index (χ0) is 21.3. The molecule has 166 valence electrons. The summed E-state index contributed by atoms with van der Waals surface area (Å²) in [5, 5.41) is 4.77. The number of unbranched alkanes of at least 4 members (excludes halogenated alkanes) is 2. The summed E-state index contributed by atoms with van der Waals surface area (Å²) in [5.74, 6) is 1.30. The van der Waals surface area contributed by atoms with Crippen LogP contribution >= 0.6 is 23.2 Å². The van der Waals surface area contributed by atoms with Crippen LogP contribution in [0.15, 0.2) is 18.2 Å². The van der Waals surface area contributed by atoms with E-state index in [1.807, 2.05) is 13.0 Å². The van der Waals surface area contributed by atoms with Crippen LogP contribution in [0.3, 0.4) is 0 Å². The molecule has 0 bridgehead atoms. The average Bonchev–Trinajstić information content (AvgIpc) is 2.64. The Bertz CT molecular complexity index is 732. The number of rotatable bonds is 14. The molecule has 1 aromatic carbocycles. The van der Waals surface area contributed by atoms with Crippen molar-refractivity contribution in [2.24, 2.45) is 5.92 Å². The normalized spacial score (nSPS) is 17.1. The summed E-state index contributed by atoms with van der Waals surface area (Å²) in [7, 11) is -2.84. The van der Waals surface area contributed by atoms with Gasteiger partial charge in [0.2, 0.25) is 0 Å². The largest absolute Gasteiger partial charge is 0.317 e. The first-order chi connectivity index (χ1) is 13.8. The molecule has 1 fully saturated rings. The fraction of sp³-hybridized carbons (Fsp3) is 0.739. The average molecular weight is 463 g/mol. The summed E-state index contributed by atoms with van der Waals surface area (Å²) in [6.45, 7) is 6.24. The van der Waals surface area contributed by atoms with Crippen molar-refractivity contribution in [2.45, 2.75) is 77.0 Å². The number of benzene rings is 1. The molecule has 1 atom stereocenters. The van der Waals surface area contributed by atoms with Gasteiger partial charge in [0, 0.05) is 0 Å². The maximum Gasteiger partial charge on any atom is 0.150 e. The predicted molar refractivity (Wildman–Crippen MR) is 126 cm³/mol. The summed E-state index contributed by atoms with van der Waals surface area (Å²) in [6, 6.07) is 6.13. The monoisotopic (exact) mass is 461 g/mol. The maximum atomic E-state index is 11.9. The van der Waals surface area contributed by atoms with Crippen LogP contribution in [-0.2, 0) is 15.3 Å². The standard InChI is InChI=1S/C23H37Cl2NO2S/c1-3-4-15-29(27,28)16-6-5-13-26-14-10-19(2)18-23(11-7-12-23)20-8-9-21(24)22(25)17-20/h8-9,17,19,26H,3-7,10-16,18H2,1-2H3. The summed E-state index contributed by atoms with van der Waals surface area (Å²) >= 11 is 12.3. The highest BCUT2D eigenvalue weighted by atomic mass is 35.5. The van der Waals surface area contributed by atoms with E-state index in [-0.39, 0.29) is 5.41 Å². The number of hydrogen-bond acceptors (Lipinski definition) is 3. The quantitative estimate of drug-likeness (QED) is 0.325. The van der Waals surface area contributed by atoms with Crippen LogP contribution in [0.5, 0.6) is 0 Å². The van der Waals surface area contributed by atoms with E-state index in [1.54, 1.807) is 0 Å². The van der Waals surface area contributed by atoms with Crippen LogP contribution in [0.1, 0.15) is 77.2 Å². The molecular formula is C23H37Cl2NO2S. The van der Waals surface area contributed by atoms with Gasteiger partial charge in [0.15, 0.2) is 0 Å². The second-order valence-electron chi connectivity index (χ2n) is 8.82. The van der Waals surface area contributed by atoms with Crippen molar-refractivity contribution < 1.29 is 8.42 Å². The van der Waals surface area contributed by atoms with Crippen LogP contribution in [0, 0.1) is 5.92 Å². The van der Waals surface area contributed by atoms with Crippen molar-refractivity contribution in [1.29, 1.82) is 0 Å². The van der Waals surface area contributed by atoms with Crippen molar-refractivity contribution in [3.63, 3.8) is 0 Å². The highest BCUT2D eigenvalue weighted by Gasteiger charge is 2.39. The Morgan fingerprint density at radius 3 is 2.41 bits per heavy atom. The number of halogens is 2. The Hall–Kier alpha value is -0.290. The van der Waals surface area contributed by atoms with E-state index in [0.717, 1.165) is 45.2 Å². The highest BCUT2D eigenvalue weighted by Crippen LogP contribution is 2.49.